The van der Waals surface area contributed by atoms with Crippen LogP contribution in [-0.2, 0) is 4.79 Å². The largest absolute Gasteiger partial charge is 0.392 e. The molecule has 4 nitrogen and oxygen atoms in total. The van der Waals surface area contributed by atoms with E-state index in [4.69, 9.17) is 0 Å². The topological polar surface area (TPSA) is 43.8 Å². The first-order valence-electron chi connectivity index (χ1n) is 6.39. The number of benzene rings is 1. The Morgan fingerprint density at radius 1 is 1.44 bits per heavy atom. The van der Waals surface area contributed by atoms with Gasteiger partial charge in [0.1, 0.15) is 0 Å². The van der Waals surface area contributed by atoms with Gasteiger partial charge in [0.15, 0.2) is 0 Å². The fourth-order valence-corrected chi connectivity index (χ4v) is 2.23. The SMILES string of the molecule is CN(C(=O)CCN1CC[C@@H](O)C1)c1ccccc1. The molecular formula is C14H20N2O2. The van der Waals surface area contributed by atoms with E-state index in [1.165, 1.54) is 0 Å². The number of rotatable bonds is 4. The van der Waals surface area contributed by atoms with Gasteiger partial charge in [0.05, 0.1) is 6.10 Å². The quantitative estimate of drug-likeness (QED) is 0.868. The molecule has 0 aliphatic carbocycles. The van der Waals surface area contributed by atoms with E-state index >= 15 is 0 Å². The molecule has 0 bridgehead atoms. The second-order valence-electron chi connectivity index (χ2n) is 4.78. The van der Waals surface area contributed by atoms with Crippen molar-refractivity contribution in [3.8, 4) is 0 Å². The molecule has 1 aliphatic rings. The van der Waals surface area contributed by atoms with Crippen molar-refractivity contribution in [3.63, 3.8) is 0 Å². The van der Waals surface area contributed by atoms with Gasteiger partial charge in [0.2, 0.25) is 5.91 Å². The molecule has 0 unspecified atom stereocenters. The molecule has 1 aliphatic heterocycles. The Morgan fingerprint density at radius 3 is 2.78 bits per heavy atom. The van der Waals surface area contributed by atoms with Crippen molar-refractivity contribution in [1.29, 1.82) is 0 Å². The summed E-state index contributed by atoms with van der Waals surface area (Å²) in [4.78, 5) is 15.8. The molecule has 0 spiro atoms. The first-order valence-corrected chi connectivity index (χ1v) is 6.39. The van der Waals surface area contributed by atoms with Crippen LogP contribution in [0.5, 0.6) is 0 Å². The highest BCUT2D eigenvalue weighted by atomic mass is 16.3. The van der Waals surface area contributed by atoms with Crippen LogP contribution in [0.3, 0.4) is 0 Å². The van der Waals surface area contributed by atoms with Gasteiger partial charge in [-0.1, -0.05) is 18.2 Å². The third-order valence-corrected chi connectivity index (χ3v) is 3.41. The summed E-state index contributed by atoms with van der Waals surface area (Å²) in [5.74, 6) is 0.114. The molecule has 1 aromatic carbocycles. The average molecular weight is 248 g/mol. The lowest BCUT2D eigenvalue weighted by atomic mass is 10.2. The highest BCUT2D eigenvalue weighted by molar-refractivity contribution is 5.92. The van der Waals surface area contributed by atoms with Crippen molar-refractivity contribution in [3.05, 3.63) is 30.3 Å². The Kier molecular flexibility index (Phi) is 4.33. The number of aliphatic hydroxyl groups excluding tert-OH is 1. The Balaban J connectivity index is 1.81. The molecule has 1 amide bonds. The van der Waals surface area contributed by atoms with Gasteiger partial charge in [-0.3, -0.25) is 4.79 Å². The molecular weight excluding hydrogens is 228 g/mol. The summed E-state index contributed by atoms with van der Waals surface area (Å²) < 4.78 is 0. The lowest BCUT2D eigenvalue weighted by Gasteiger charge is -2.19. The predicted molar refractivity (Wildman–Crippen MR) is 71.5 cm³/mol. The number of aliphatic hydroxyl groups is 1. The van der Waals surface area contributed by atoms with Crippen LogP contribution in [-0.4, -0.2) is 48.7 Å². The second kappa shape index (κ2) is 5.98. The Bertz CT molecular complexity index is 394. The van der Waals surface area contributed by atoms with E-state index in [2.05, 4.69) is 4.90 Å². The summed E-state index contributed by atoms with van der Waals surface area (Å²) >= 11 is 0. The lowest BCUT2D eigenvalue weighted by Crippen LogP contribution is -2.31. The fraction of sp³-hybridized carbons (Fsp3) is 0.500. The molecule has 4 heteroatoms. The number of likely N-dealkylation sites (tertiary alicyclic amines) is 1. The highest BCUT2D eigenvalue weighted by Gasteiger charge is 2.21. The average Bonchev–Trinajstić information content (AvgIpc) is 2.82. The summed E-state index contributed by atoms with van der Waals surface area (Å²) in [6.07, 6.45) is 1.10. The number of amides is 1. The molecule has 1 aromatic rings. The van der Waals surface area contributed by atoms with Crippen LogP contribution >= 0.6 is 0 Å². The van der Waals surface area contributed by atoms with Gasteiger partial charge in [-0.05, 0) is 18.6 Å². The first-order chi connectivity index (χ1) is 8.66. The first kappa shape index (κ1) is 13.1. The highest BCUT2D eigenvalue weighted by Crippen LogP contribution is 2.13. The molecule has 98 valence electrons. The number of hydrogen-bond acceptors (Lipinski definition) is 3. The molecule has 1 saturated heterocycles. The normalized spacial score (nSPS) is 20.0. The van der Waals surface area contributed by atoms with Crippen molar-refractivity contribution in [2.24, 2.45) is 0 Å². The number of para-hydroxylation sites is 1. The molecule has 2 rings (SSSR count). The monoisotopic (exact) mass is 248 g/mol. The van der Waals surface area contributed by atoms with Crippen molar-refractivity contribution in [2.45, 2.75) is 18.9 Å². The van der Waals surface area contributed by atoms with Gasteiger partial charge < -0.3 is 14.9 Å². The maximum atomic E-state index is 12.0. The van der Waals surface area contributed by atoms with E-state index in [1.807, 2.05) is 30.3 Å². The van der Waals surface area contributed by atoms with Crippen LogP contribution in [0.4, 0.5) is 5.69 Å². The van der Waals surface area contributed by atoms with Crippen molar-refractivity contribution in [1.82, 2.24) is 4.90 Å². The predicted octanol–water partition coefficient (Wildman–Crippen LogP) is 1.11. The number of β-amino-alcohol motifs (C(OH)–C–C–N with tert-alkyl or cyclic N) is 1. The number of carbonyl (C=O) groups is 1. The van der Waals surface area contributed by atoms with E-state index in [1.54, 1.807) is 11.9 Å². The van der Waals surface area contributed by atoms with Gasteiger partial charge in [-0.2, -0.15) is 0 Å². The van der Waals surface area contributed by atoms with Crippen LogP contribution in [0, 0.1) is 0 Å². The van der Waals surface area contributed by atoms with E-state index in [0.717, 1.165) is 25.2 Å². The molecule has 1 atom stereocenters. The van der Waals surface area contributed by atoms with Crippen LogP contribution in [0.1, 0.15) is 12.8 Å². The molecule has 0 radical (unpaired) electrons. The molecule has 1 N–H and O–H groups in total. The zero-order valence-electron chi connectivity index (χ0n) is 10.7. The van der Waals surface area contributed by atoms with E-state index in [-0.39, 0.29) is 12.0 Å². The van der Waals surface area contributed by atoms with Crippen molar-refractivity contribution in [2.75, 3.05) is 31.6 Å². The number of anilines is 1. The Morgan fingerprint density at radius 2 is 2.17 bits per heavy atom. The number of nitrogens with zero attached hydrogens (tertiary/aromatic N) is 2. The maximum Gasteiger partial charge on any atom is 0.228 e. The zero-order chi connectivity index (χ0) is 13.0. The molecule has 1 fully saturated rings. The fourth-order valence-electron chi connectivity index (χ4n) is 2.23. The summed E-state index contributed by atoms with van der Waals surface area (Å²) in [5, 5.41) is 9.42. The van der Waals surface area contributed by atoms with Crippen LogP contribution in [0.25, 0.3) is 0 Å². The van der Waals surface area contributed by atoms with E-state index in [9.17, 15) is 9.90 Å². The standard InChI is InChI=1S/C14H20N2O2/c1-15(12-5-3-2-4-6-12)14(18)8-10-16-9-7-13(17)11-16/h2-6,13,17H,7-11H2,1H3/t13-/m1/s1. The summed E-state index contributed by atoms with van der Waals surface area (Å²) in [6, 6.07) is 9.65. The minimum absolute atomic E-state index is 0.114. The van der Waals surface area contributed by atoms with E-state index in [0.29, 0.717) is 13.0 Å². The van der Waals surface area contributed by atoms with Gasteiger partial charge in [-0.15, -0.1) is 0 Å². The second-order valence-corrected chi connectivity index (χ2v) is 4.78. The summed E-state index contributed by atoms with van der Waals surface area (Å²) in [6.45, 7) is 2.32. The van der Waals surface area contributed by atoms with Crippen LogP contribution in [0.15, 0.2) is 30.3 Å². The smallest absolute Gasteiger partial charge is 0.228 e. The Hall–Kier alpha value is -1.39. The minimum Gasteiger partial charge on any atom is -0.392 e. The minimum atomic E-state index is -0.216. The van der Waals surface area contributed by atoms with Crippen LogP contribution in [0.2, 0.25) is 0 Å². The summed E-state index contributed by atoms with van der Waals surface area (Å²) in [5.41, 5.74) is 0.920. The number of hydrogen-bond donors (Lipinski definition) is 1. The number of carbonyl (C=O) groups excluding carboxylic acids is 1. The Labute approximate surface area is 108 Å². The lowest BCUT2D eigenvalue weighted by molar-refractivity contribution is -0.118. The van der Waals surface area contributed by atoms with Gasteiger partial charge >= 0.3 is 0 Å². The van der Waals surface area contributed by atoms with Gasteiger partial charge in [-0.25, -0.2) is 0 Å². The molecule has 1 heterocycles. The molecule has 0 aromatic heterocycles. The molecule has 0 saturated carbocycles. The molecule has 18 heavy (non-hydrogen) atoms. The zero-order valence-corrected chi connectivity index (χ0v) is 10.7. The third-order valence-electron chi connectivity index (χ3n) is 3.41. The maximum absolute atomic E-state index is 12.0. The van der Waals surface area contributed by atoms with Crippen molar-refractivity contribution >= 4 is 11.6 Å². The summed E-state index contributed by atoms with van der Waals surface area (Å²) in [7, 11) is 1.80. The van der Waals surface area contributed by atoms with Gasteiger partial charge in [0.25, 0.3) is 0 Å². The van der Waals surface area contributed by atoms with Crippen molar-refractivity contribution < 1.29 is 9.90 Å². The van der Waals surface area contributed by atoms with Gasteiger partial charge in [0, 0.05) is 38.8 Å². The van der Waals surface area contributed by atoms with Crippen LogP contribution < -0.4 is 4.90 Å². The van der Waals surface area contributed by atoms with E-state index < -0.39 is 0 Å². The third kappa shape index (κ3) is 3.31.